The van der Waals surface area contributed by atoms with E-state index in [9.17, 15) is 18.4 Å². The largest absolute Gasteiger partial charge is 0.481 e. The molecule has 1 aliphatic rings. The van der Waals surface area contributed by atoms with Gasteiger partial charge >= 0.3 is 5.97 Å². The van der Waals surface area contributed by atoms with Crippen LogP contribution in [0.2, 0.25) is 0 Å². The molecule has 0 unspecified atom stereocenters. The third-order valence-corrected chi connectivity index (χ3v) is 3.83. The molecule has 2 rings (SSSR count). The first-order valence-electron chi connectivity index (χ1n) is 7.47. The van der Waals surface area contributed by atoms with Crippen LogP contribution in [0.5, 0.6) is 0 Å². The number of ether oxygens (including phenoxy) is 1. The van der Waals surface area contributed by atoms with E-state index in [2.05, 4.69) is 0 Å². The molecule has 0 aromatic heterocycles. The average Bonchev–Trinajstić information content (AvgIpc) is 3.00. The summed E-state index contributed by atoms with van der Waals surface area (Å²) in [5.41, 5.74) is 0.0337. The molecular weight excluding hydrogens is 308 g/mol. The Kier molecular flexibility index (Phi) is 6.04. The lowest BCUT2D eigenvalue weighted by molar-refractivity contribution is -0.139. The van der Waals surface area contributed by atoms with Crippen molar-refractivity contribution >= 4 is 11.9 Å². The highest BCUT2D eigenvalue weighted by Gasteiger charge is 2.24. The van der Waals surface area contributed by atoms with E-state index in [4.69, 9.17) is 9.84 Å². The third-order valence-electron chi connectivity index (χ3n) is 3.83. The molecule has 5 nitrogen and oxygen atoms in total. The molecule has 1 aliphatic heterocycles. The molecule has 0 saturated carbocycles. The normalized spacial score (nSPS) is 17.2. The predicted molar refractivity (Wildman–Crippen MR) is 77.6 cm³/mol. The molecule has 126 valence electrons. The van der Waals surface area contributed by atoms with E-state index in [1.54, 1.807) is 0 Å². The van der Waals surface area contributed by atoms with Gasteiger partial charge < -0.3 is 14.7 Å². The molecule has 1 N–H and O–H groups in total. The van der Waals surface area contributed by atoms with E-state index in [0.29, 0.717) is 13.2 Å². The number of rotatable bonds is 7. The number of benzene rings is 1. The van der Waals surface area contributed by atoms with Crippen LogP contribution in [0.4, 0.5) is 8.78 Å². The van der Waals surface area contributed by atoms with E-state index in [1.165, 1.54) is 17.0 Å². The van der Waals surface area contributed by atoms with Crippen molar-refractivity contribution < 1.29 is 28.2 Å². The van der Waals surface area contributed by atoms with Crippen molar-refractivity contribution in [3.63, 3.8) is 0 Å². The molecule has 1 atom stereocenters. The van der Waals surface area contributed by atoms with Crippen LogP contribution in [0.1, 0.15) is 24.8 Å². The molecule has 1 aromatic rings. The Morgan fingerprint density at radius 3 is 2.78 bits per heavy atom. The fraction of sp³-hybridized carbons (Fsp3) is 0.500. The van der Waals surface area contributed by atoms with Crippen molar-refractivity contribution in [2.45, 2.75) is 25.8 Å². The number of carboxylic acid groups (broad SMARTS) is 1. The lowest BCUT2D eigenvalue weighted by atomic mass is 10.0. The van der Waals surface area contributed by atoms with E-state index in [0.717, 1.165) is 12.5 Å². The minimum atomic E-state index is -1.05. The molecule has 0 spiro atoms. The summed E-state index contributed by atoms with van der Waals surface area (Å²) >= 11 is 0. The van der Waals surface area contributed by atoms with Crippen LogP contribution in [0, 0.1) is 17.6 Å². The quantitative estimate of drug-likeness (QED) is 0.834. The van der Waals surface area contributed by atoms with Crippen LogP contribution >= 0.6 is 0 Å². The Morgan fingerprint density at radius 1 is 1.35 bits per heavy atom. The number of halogens is 2. The second kappa shape index (κ2) is 8.01. The maximum absolute atomic E-state index is 13.8. The van der Waals surface area contributed by atoms with Gasteiger partial charge in [0, 0.05) is 38.3 Å². The number of carboxylic acids is 1. The Bertz CT molecular complexity index is 573. The maximum Gasteiger partial charge on any atom is 0.305 e. The second-order valence-corrected chi connectivity index (χ2v) is 5.61. The number of hydrogen-bond donors (Lipinski definition) is 1. The van der Waals surface area contributed by atoms with Crippen molar-refractivity contribution in [2.75, 3.05) is 19.8 Å². The first kappa shape index (κ1) is 17.3. The molecule has 7 heteroatoms. The summed E-state index contributed by atoms with van der Waals surface area (Å²) in [6.07, 6.45) is 0.743. The topological polar surface area (TPSA) is 66.8 Å². The fourth-order valence-electron chi connectivity index (χ4n) is 2.52. The molecule has 0 aliphatic carbocycles. The SMILES string of the molecule is O=C(O)CCN(Cc1cccc(F)c1F)C(=O)C[C@H]1CCOC1. The van der Waals surface area contributed by atoms with Crippen molar-refractivity contribution in [3.8, 4) is 0 Å². The van der Waals surface area contributed by atoms with Crippen molar-refractivity contribution in [3.05, 3.63) is 35.4 Å². The summed E-state index contributed by atoms with van der Waals surface area (Å²) in [5.74, 6) is -3.23. The van der Waals surface area contributed by atoms with Gasteiger partial charge in [0.05, 0.1) is 6.42 Å². The van der Waals surface area contributed by atoms with Crippen molar-refractivity contribution in [2.24, 2.45) is 5.92 Å². The van der Waals surface area contributed by atoms with Crippen LogP contribution in [-0.2, 0) is 20.9 Å². The molecule has 1 fully saturated rings. The van der Waals surface area contributed by atoms with Gasteiger partial charge in [0.2, 0.25) is 5.91 Å². The summed E-state index contributed by atoms with van der Waals surface area (Å²) in [7, 11) is 0. The molecule has 1 saturated heterocycles. The lowest BCUT2D eigenvalue weighted by Gasteiger charge is -2.23. The van der Waals surface area contributed by atoms with Gasteiger partial charge in [0.15, 0.2) is 11.6 Å². The molecule has 1 amide bonds. The van der Waals surface area contributed by atoms with E-state index < -0.39 is 17.6 Å². The molecule has 0 bridgehead atoms. The third kappa shape index (κ3) is 4.99. The van der Waals surface area contributed by atoms with Crippen LogP contribution in [0.15, 0.2) is 18.2 Å². The summed E-state index contributed by atoms with van der Waals surface area (Å²) in [6.45, 7) is 0.902. The summed E-state index contributed by atoms with van der Waals surface area (Å²) < 4.78 is 32.3. The molecule has 1 aromatic carbocycles. The maximum atomic E-state index is 13.8. The monoisotopic (exact) mass is 327 g/mol. The zero-order valence-electron chi connectivity index (χ0n) is 12.6. The second-order valence-electron chi connectivity index (χ2n) is 5.61. The Labute approximate surface area is 132 Å². The van der Waals surface area contributed by atoms with Crippen molar-refractivity contribution in [1.29, 1.82) is 0 Å². The zero-order valence-corrected chi connectivity index (χ0v) is 12.6. The highest BCUT2D eigenvalue weighted by Crippen LogP contribution is 2.20. The lowest BCUT2D eigenvalue weighted by Crippen LogP contribution is -2.34. The average molecular weight is 327 g/mol. The molecule has 1 heterocycles. The van der Waals surface area contributed by atoms with Crippen LogP contribution in [0.25, 0.3) is 0 Å². The molecular formula is C16H19F2NO4. The van der Waals surface area contributed by atoms with Gasteiger partial charge in [0.1, 0.15) is 0 Å². The van der Waals surface area contributed by atoms with E-state index in [1.807, 2.05) is 0 Å². The number of carbonyl (C=O) groups excluding carboxylic acids is 1. The minimum Gasteiger partial charge on any atom is -0.481 e. The van der Waals surface area contributed by atoms with Crippen molar-refractivity contribution in [1.82, 2.24) is 4.90 Å². The minimum absolute atomic E-state index is 0.0337. The highest BCUT2D eigenvalue weighted by atomic mass is 19.2. The predicted octanol–water partition coefficient (Wildman–Crippen LogP) is 2.19. The number of aliphatic carboxylic acids is 1. The summed E-state index contributed by atoms with van der Waals surface area (Å²) in [6, 6.07) is 3.74. The van der Waals surface area contributed by atoms with E-state index >= 15 is 0 Å². The summed E-state index contributed by atoms with van der Waals surface area (Å²) in [4.78, 5) is 24.4. The van der Waals surface area contributed by atoms with Gasteiger partial charge in [-0.3, -0.25) is 9.59 Å². The van der Waals surface area contributed by atoms with Gasteiger partial charge in [-0.25, -0.2) is 8.78 Å². The standard InChI is InChI=1S/C16H19F2NO4/c17-13-3-1-2-12(16(13)18)9-19(6-4-15(21)22)14(20)8-11-5-7-23-10-11/h1-3,11H,4-10H2,(H,21,22)/t11-/m1/s1. The van der Waals surface area contributed by atoms with Gasteiger partial charge in [-0.1, -0.05) is 12.1 Å². The number of nitrogens with zero attached hydrogens (tertiary/aromatic N) is 1. The first-order valence-corrected chi connectivity index (χ1v) is 7.47. The fourth-order valence-corrected chi connectivity index (χ4v) is 2.52. The van der Waals surface area contributed by atoms with Crippen LogP contribution in [0.3, 0.4) is 0 Å². The molecule has 23 heavy (non-hydrogen) atoms. The van der Waals surface area contributed by atoms with Gasteiger partial charge in [-0.05, 0) is 18.4 Å². The van der Waals surface area contributed by atoms with Crippen LogP contribution in [-0.4, -0.2) is 41.6 Å². The summed E-state index contributed by atoms with van der Waals surface area (Å²) in [5, 5.41) is 8.80. The Morgan fingerprint density at radius 2 is 2.13 bits per heavy atom. The number of carbonyl (C=O) groups is 2. The highest BCUT2D eigenvalue weighted by molar-refractivity contribution is 5.77. The number of amides is 1. The number of hydrogen-bond acceptors (Lipinski definition) is 3. The van der Waals surface area contributed by atoms with Gasteiger partial charge in [-0.2, -0.15) is 0 Å². The van der Waals surface area contributed by atoms with Gasteiger partial charge in [0.25, 0.3) is 0 Å². The van der Waals surface area contributed by atoms with Gasteiger partial charge in [-0.15, -0.1) is 0 Å². The zero-order chi connectivity index (χ0) is 16.8. The molecule has 0 radical (unpaired) electrons. The van der Waals surface area contributed by atoms with Crippen LogP contribution < -0.4 is 0 Å². The Balaban J connectivity index is 2.07. The van der Waals surface area contributed by atoms with E-state index in [-0.39, 0.29) is 43.3 Å². The smallest absolute Gasteiger partial charge is 0.305 e. The Hall–Kier alpha value is -2.02. The first-order chi connectivity index (χ1) is 11.0.